The second-order valence-corrected chi connectivity index (χ2v) is 4.08. The van der Waals surface area contributed by atoms with Crippen molar-refractivity contribution < 1.29 is 13.2 Å². The first-order chi connectivity index (χ1) is 8.79. The number of benzene rings is 1. The van der Waals surface area contributed by atoms with Gasteiger partial charge in [-0.3, -0.25) is 14.3 Å². The molecule has 0 bridgehead atoms. The van der Waals surface area contributed by atoms with Crippen LogP contribution in [0.3, 0.4) is 0 Å². The summed E-state index contributed by atoms with van der Waals surface area (Å²) in [6.45, 7) is 0. The van der Waals surface area contributed by atoms with E-state index in [0.717, 1.165) is 18.3 Å². The Hall–Kier alpha value is -2.02. The number of alkyl halides is 3. The highest BCUT2D eigenvalue weighted by Crippen LogP contribution is 2.34. The summed E-state index contributed by atoms with van der Waals surface area (Å²) in [6, 6.07) is 3.96. The lowest BCUT2D eigenvalue weighted by molar-refractivity contribution is -0.137. The van der Waals surface area contributed by atoms with Gasteiger partial charge < -0.3 is 0 Å². The van der Waals surface area contributed by atoms with Crippen LogP contribution in [0, 0.1) is 0 Å². The third kappa shape index (κ3) is 2.70. The zero-order chi connectivity index (χ0) is 14.2. The molecule has 0 aliphatic rings. The number of aromatic amines is 1. The van der Waals surface area contributed by atoms with Gasteiger partial charge in [0.15, 0.2) is 0 Å². The highest BCUT2D eigenvalue weighted by Gasteiger charge is 2.34. The Morgan fingerprint density at radius 2 is 1.84 bits per heavy atom. The predicted octanol–water partition coefficient (Wildman–Crippen LogP) is 2.20. The van der Waals surface area contributed by atoms with Crippen LogP contribution >= 0.6 is 11.6 Å². The van der Waals surface area contributed by atoms with Crippen molar-refractivity contribution in [2.45, 2.75) is 6.18 Å². The predicted molar refractivity (Wildman–Crippen MR) is 62.7 cm³/mol. The smallest absolute Gasteiger partial charge is 0.274 e. The van der Waals surface area contributed by atoms with Crippen LogP contribution in [-0.2, 0) is 6.18 Å². The molecule has 1 N–H and O–H groups in total. The fourth-order valence-electron chi connectivity index (χ4n) is 1.55. The van der Waals surface area contributed by atoms with Gasteiger partial charge in [-0.25, -0.2) is 4.79 Å². The Labute approximate surface area is 109 Å². The van der Waals surface area contributed by atoms with E-state index in [1.807, 2.05) is 4.98 Å². The third-order valence-electron chi connectivity index (χ3n) is 2.35. The zero-order valence-electron chi connectivity index (χ0n) is 9.16. The van der Waals surface area contributed by atoms with Gasteiger partial charge in [-0.1, -0.05) is 11.6 Å². The molecular formula is C11H6ClF3N2O2. The maximum Gasteiger partial charge on any atom is 0.418 e. The summed E-state index contributed by atoms with van der Waals surface area (Å²) in [5.41, 5.74) is -3.11. The van der Waals surface area contributed by atoms with E-state index in [-0.39, 0.29) is 5.02 Å². The Morgan fingerprint density at radius 3 is 2.42 bits per heavy atom. The molecule has 0 fully saturated rings. The summed E-state index contributed by atoms with van der Waals surface area (Å²) in [5.74, 6) is 0. The molecule has 2 aromatic rings. The largest absolute Gasteiger partial charge is 0.418 e. The Balaban J connectivity index is 2.76. The lowest BCUT2D eigenvalue weighted by Gasteiger charge is -2.14. The SMILES string of the molecule is O=c1ccn(-c2ccc(Cl)cc2C(F)(F)F)c(=O)[nH]1. The van der Waals surface area contributed by atoms with Crippen LogP contribution in [0.15, 0.2) is 40.1 Å². The van der Waals surface area contributed by atoms with Crippen LogP contribution in [0.25, 0.3) is 5.69 Å². The Morgan fingerprint density at radius 1 is 1.16 bits per heavy atom. The molecule has 0 saturated carbocycles. The molecule has 0 spiro atoms. The van der Waals surface area contributed by atoms with Crippen LogP contribution in [0.5, 0.6) is 0 Å². The van der Waals surface area contributed by atoms with Crippen molar-refractivity contribution in [3.63, 3.8) is 0 Å². The van der Waals surface area contributed by atoms with E-state index in [2.05, 4.69) is 0 Å². The standard InChI is InChI=1S/C11H6ClF3N2O2/c12-6-1-2-8(7(5-6)11(13,14)15)17-4-3-9(18)16-10(17)19/h1-5H,(H,16,18,19). The van der Waals surface area contributed by atoms with Gasteiger partial charge in [0.05, 0.1) is 11.3 Å². The van der Waals surface area contributed by atoms with Gasteiger partial charge in [-0.05, 0) is 18.2 Å². The first-order valence-corrected chi connectivity index (χ1v) is 5.36. The molecule has 0 aliphatic carbocycles. The third-order valence-corrected chi connectivity index (χ3v) is 2.58. The van der Waals surface area contributed by atoms with Gasteiger partial charge >= 0.3 is 11.9 Å². The molecule has 0 atom stereocenters. The van der Waals surface area contributed by atoms with E-state index in [1.54, 1.807) is 0 Å². The maximum absolute atomic E-state index is 12.9. The number of nitrogens with one attached hydrogen (secondary N) is 1. The summed E-state index contributed by atoms with van der Waals surface area (Å²) in [6.07, 6.45) is -3.70. The molecule has 2 rings (SSSR count). The number of hydrogen-bond acceptors (Lipinski definition) is 2. The van der Waals surface area contributed by atoms with Gasteiger partial charge in [0.25, 0.3) is 5.56 Å². The van der Waals surface area contributed by atoms with E-state index >= 15 is 0 Å². The van der Waals surface area contributed by atoms with Gasteiger partial charge in [0.1, 0.15) is 0 Å². The minimum Gasteiger partial charge on any atom is -0.274 e. The number of rotatable bonds is 1. The van der Waals surface area contributed by atoms with Crippen molar-refractivity contribution in [1.29, 1.82) is 0 Å². The van der Waals surface area contributed by atoms with Crippen molar-refractivity contribution in [3.8, 4) is 5.69 Å². The number of H-pyrrole nitrogens is 1. The van der Waals surface area contributed by atoms with Crippen LogP contribution in [0.1, 0.15) is 5.56 Å². The topological polar surface area (TPSA) is 54.9 Å². The van der Waals surface area contributed by atoms with Gasteiger partial charge in [-0.2, -0.15) is 13.2 Å². The van der Waals surface area contributed by atoms with Crippen molar-refractivity contribution in [1.82, 2.24) is 9.55 Å². The molecular weight excluding hydrogens is 285 g/mol. The van der Waals surface area contributed by atoms with E-state index < -0.39 is 28.7 Å². The Kier molecular flexibility index (Phi) is 3.23. The molecule has 100 valence electrons. The summed E-state index contributed by atoms with van der Waals surface area (Å²) in [7, 11) is 0. The molecule has 0 unspecified atom stereocenters. The van der Waals surface area contributed by atoms with E-state index in [1.165, 1.54) is 6.07 Å². The number of aromatic nitrogens is 2. The van der Waals surface area contributed by atoms with Gasteiger partial charge in [-0.15, -0.1) is 0 Å². The first kappa shape index (κ1) is 13.4. The quantitative estimate of drug-likeness (QED) is 0.875. The summed E-state index contributed by atoms with van der Waals surface area (Å²) in [4.78, 5) is 24.3. The highest BCUT2D eigenvalue weighted by molar-refractivity contribution is 6.30. The minimum atomic E-state index is -4.67. The first-order valence-electron chi connectivity index (χ1n) is 4.98. The second kappa shape index (κ2) is 4.58. The van der Waals surface area contributed by atoms with Crippen LogP contribution < -0.4 is 11.2 Å². The summed E-state index contributed by atoms with van der Waals surface area (Å²) < 4.78 is 39.3. The minimum absolute atomic E-state index is 0.103. The number of nitrogens with zero attached hydrogens (tertiary/aromatic N) is 1. The zero-order valence-corrected chi connectivity index (χ0v) is 9.92. The fraction of sp³-hybridized carbons (Fsp3) is 0.0909. The molecule has 1 aromatic carbocycles. The highest BCUT2D eigenvalue weighted by atomic mass is 35.5. The van der Waals surface area contributed by atoms with Crippen LogP contribution in [0.4, 0.5) is 13.2 Å². The average Bonchev–Trinajstić information content (AvgIpc) is 2.28. The molecule has 1 heterocycles. The second-order valence-electron chi connectivity index (χ2n) is 3.64. The summed E-state index contributed by atoms with van der Waals surface area (Å²) >= 11 is 5.53. The van der Waals surface area contributed by atoms with Crippen molar-refractivity contribution >= 4 is 11.6 Å². The van der Waals surface area contributed by atoms with Crippen molar-refractivity contribution in [2.75, 3.05) is 0 Å². The molecule has 4 nitrogen and oxygen atoms in total. The van der Waals surface area contributed by atoms with Crippen molar-refractivity contribution in [3.05, 3.63) is 61.9 Å². The van der Waals surface area contributed by atoms with Crippen LogP contribution in [-0.4, -0.2) is 9.55 Å². The molecule has 0 amide bonds. The fourth-order valence-corrected chi connectivity index (χ4v) is 1.72. The number of hydrogen-bond donors (Lipinski definition) is 1. The normalized spacial score (nSPS) is 11.6. The lowest BCUT2D eigenvalue weighted by Crippen LogP contribution is -2.28. The van der Waals surface area contributed by atoms with Crippen molar-refractivity contribution in [2.24, 2.45) is 0 Å². The summed E-state index contributed by atoms with van der Waals surface area (Å²) in [5, 5.41) is -0.103. The van der Waals surface area contributed by atoms with E-state index in [9.17, 15) is 22.8 Å². The molecule has 1 aromatic heterocycles. The molecule has 0 radical (unpaired) electrons. The van der Waals surface area contributed by atoms with E-state index in [4.69, 9.17) is 11.6 Å². The number of halogens is 4. The van der Waals surface area contributed by atoms with Crippen LogP contribution in [0.2, 0.25) is 5.02 Å². The molecule has 8 heteroatoms. The molecule has 0 aliphatic heterocycles. The van der Waals surface area contributed by atoms with E-state index in [0.29, 0.717) is 10.6 Å². The molecule has 19 heavy (non-hydrogen) atoms. The van der Waals surface area contributed by atoms with Gasteiger partial charge in [0, 0.05) is 17.3 Å². The maximum atomic E-state index is 12.9. The Bertz CT molecular complexity index is 734. The average molecular weight is 291 g/mol. The van der Waals surface area contributed by atoms with Gasteiger partial charge in [0.2, 0.25) is 0 Å². The monoisotopic (exact) mass is 290 g/mol. The lowest BCUT2D eigenvalue weighted by atomic mass is 10.1. The molecule has 0 saturated heterocycles.